The summed E-state index contributed by atoms with van der Waals surface area (Å²) < 4.78 is 16.6. The van der Waals surface area contributed by atoms with Gasteiger partial charge in [-0.3, -0.25) is 14.4 Å². The van der Waals surface area contributed by atoms with Crippen LogP contribution >= 0.6 is 11.6 Å². The molecule has 0 aliphatic carbocycles. The van der Waals surface area contributed by atoms with Gasteiger partial charge in [0.05, 0.1) is 24.2 Å². The number of aliphatic hydroxyl groups excluding tert-OH is 2. The third-order valence-corrected chi connectivity index (χ3v) is 8.27. The second-order valence-electron chi connectivity index (χ2n) is 12.3. The van der Waals surface area contributed by atoms with E-state index >= 15 is 0 Å². The Morgan fingerprint density at radius 3 is 2.34 bits per heavy atom. The Balaban J connectivity index is 1.92. The van der Waals surface area contributed by atoms with Crippen LogP contribution in [0.5, 0.6) is 5.75 Å². The molecule has 12 heteroatoms. The number of methoxy groups -OCH3 is 1. The van der Waals surface area contributed by atoms with E-state index in [2.05, 4.69) is 10.6 Å². The minimum absolute atomic E-state index is 0.0252. The second kappa shape index (κ2) is 17.8. The molecule has 3 rings (SSSR count). The quantitative estimate of drug-likeness (QED) is 0.291. The van der Waals surface area contributed by atoms with Crippen LogP contribution in [0.15, 0.2) is 60.7 Å². The van der Waals surface area contributed by atoms with Crippen molar-refractivity contribution in [2.24, 2.45) is 17.8 Å². The normalized spacial score (nSPS) is 24.3. The van der Waals surface area contributed by atoms with Crippen molar-refractivity contribution in [3.63, 3.8) is 0 Å². The van der Waals surface area contributed by atoms with Crippen LogP contribution in [0.25, 0.3) is 0 Å². The topological polar surface area (TPSA) is 160 Å². The predicted molar refractivity (Wildman–Crippen MR) is 175 cm³/mol. The number of benzene rings is 2. The van der Waals surface area contributed by atoms with Gasteiger partial charge in [-0.15, -0.1) is 0 Å². The minimum atomic E-state index is -1.35. The summed E-state index contributed by atoms with van der Waals surface area (Å²) in [6, 6.07) is 12.6. The molecule has 7 unspecified atom stereocenters. The van der Waals surface area contributed by atoms with Gasteiger partial charge < -0.3 is 35.1 Å². The molecule has 47 heavy (non-hydrogen) atoms. The van der Waals surface area contributed by atoms with E-state index in [0.717, 1.165) is 0 Å². The largest absolute Gasteiger partial charge is 0.495 e. The van der Waals surface area contributed by atoms with E-state index in [1.807, 2.05) is 13.8 Å². The fourth-order valence-corrected chi connectivity index (χ4v) is 5.38. The summed E-state index contributed by atoms with van der Waals surface area (Å²) in [6.45, 7) is 6.78. The monoisotopic (exact) mass is 672 g/mol. The molecular weight excluding hydrogens is 628 g/mol. The maximum Gasteiger partial charge on any atom is 0.347 e. The lowest BCUT2D eigenvalue weighted by Gasteiger charge is -2.31. The zero-order chi connectivity index (χ0) is 34.7. The molecule has 0 bridgehead atoms. The van der Waals surface area contributed by atoms with Crippen LogP contribution in [0.4, 0.5) is 0 Å². The number of esters is 2. The Kier molecular flexibility index (Phi) is 14.2. The maximum atomic E-state index is 13.4. The molecule has 11 nitrogen and oxygen atoms in total. The van der Waals surface area contributed by atoms with E-state index in [0.29, 0.717) is 21.9 Å². The molecule has 2 aromatic rings. The van der Waals surface area contributed by atoms with E-state index < -0.39 is 66.0 Å². The molecule has 7 atom stereocenters. The number of hydrogen-bond donors (Lipinski definition) is 4. The molecule has 2 aromatic carbocycles. The Morgan fingerprint density at radius 2 is 1.70 bits per heavy atom. The highest BCUT2D eigenvalue weighted by atomic mass is 35.5. The first-order valence-corrected chi connectivity index (χ1v) is 16.1. The molecule has 1 heterocycles. The van der Waals surface area contributed by atoms with Gasteiger partial charge in [0.1, 0.15) is 24.0 Å². The summed E-state index contributed by atoms with van der Waals surface area (Å²) in [7, 11) is 1.48. The van der Waals surface area contributed by atoms with Gasteiger partial charge in [0.2, 0.25) is 11.8 Å². The average Bonchev–Trinajstić information content (AvgIpc) is 3.04. The van der Waals surface area contributed by atoms with Crippen molar-refractivity contribution in [1.29, 1.82) is 0 Å². The van der Waals surface area contributed by atoms with Crippen LogP contribution in [-0.2, 0) is 35.1 Å². The molecule has 4 N–H and O–H groups in total. The van der Waals surface area contributed by atoms with Crippen molar-refractivity contribution in [1.82, 2.24) is 10.6 Å². The molecule has 2 amide bonds. The number of cyclic esters (lactones) is 2. The zero-order valence-corrected chi connectivity index (χ0v) is 28.1. The van der Waals surface area contributed by atoms with Crippen LogP contribution in [0.2, 0.25) is 5.02 Å². The number of nitrogens with one attached hydrogen (secondary N) is 2. The van der Waals surface area contributed by atoms with Gasteiger partial charge in [0.25, 0.3) is 0 Å². The van der Waals surface area contributed by atoms with Gasteiger partial charge in [-0.2, -0.15) is 0 Å². The molecule has 256 valence electrons. The third-order valence-electron chi connectivity index (χ3n) is 7.98. The van der Waals surface area contributed by atoms with Crippen molar-refractivity contribution in [2.45, 2.75) is 77.4 Å². The molecule has 0 radical (unpaired) electrons. The van der Waals surface area contributed by atoms with Crippen LogP contribution in [0.3, 0.4) is 0 Å². The highest BCUT2D eigenvalue weighted by molar-refractivity contribution is 6.32. The lowest BCUT2D eigenvalue weighted by atomic mass is 9.89. The third kappa shape index (κ3) is 11.1. The smallest absolute Gasteiger partial charge is 0.347 e. The first-order valence-electron chi connectivity index (χ1n) is 15.7. The minimum Gasteiger partial charge on any atom is -0.495 e. The SMILES string of the molecule is COc1ccc(CC2NC(=O)/C=C/CC(C(C)C(O)C(O)c3ccccc3)OC(=O)C(CC(C)C)OC(=O)C(C)CNC2=O)cc1Cl. The molecule has 1 aliphatic rings. The van der Waals surface area contributed by atoms with Crippen molar-refractivity contribution < 1.29 is 43.6 Å². The van der Waals surface area contributed by atoms with E-state index in [1.54, 1.807) is 62.4 Å². The van der Waals surface area contributed by atoms with E-state index in [1.165, 1.54) is 19.3 Å². The van der Waals surface area contributed by atoms with Crippen LogP contribution in [0, 0.1) is 17.8 Å². The Hall–Kier alpha value is -3.93. The second-order valence-corrected chi connectivity index (χ2v) is 12.7. The Morgan fingerprint density at radius 1 is 1.00 bits per heavy atom. The Labute approximate surface area is 280 Å². The maximum absolute atomic E-state index is 13.4. The summed E-state index contributed by atoms with van der Waals surface area (Å²) in [5.74, 6) is -3.89. The van der Waals surface area contributed by atoms with Crippen molar-refractivity contribution >= 4 is 35.4 Å². The number of aliphatic hydroxyl groups is 2. The van der Waals surface area contributed by atoms with E-state index in [9.17, 15) is 29.4 Å². The molecule has 1 aliphatic heterocycles. The number of carbonyl (C=O) groups is 4. The summed E-state index contributed by atoms with van der Waals surface area (Å²) in [5, 5.41) is 27.7. The number of carbonyl (C=O) groups excluding carboxylic acids is 4. The highest BCUT2D eigenvalue weighted by Crippen LogP contribution is 2.28. The molecule has 0 saturated carbocycles. The number of rotatable bonds is 9. The van der Waals surface area contributed by atoms with Gasteiger partial charge >= 0.3 is 11.9 Å². The van der Waals surface area contributed by atoms with Gasteiger partial charge in [0, 0.05) is 25.3 Å². The molecular formula is C35H45ClN2O9. The summed E-state index contributed by atoms with van der Waals surface area (Å²) >= 11 is 6.28. The van der Waals surface area contributed by atoms with Crippen molar-refractivity contribution in [3.05, 3.63) is 76.8 Å². The molecule has 0 saturated heterocycles. The zero-order valence-electron chi connectivity index (χ0n) is 27.4. The fraction of sp³-hybridized carbons (Fsp3) is 0.486. The summed E-state index contributed by atoms with van der Waals surface area (Å²) in [4.78, 5) is 52.9. The fourth-order valence-electron chi connectivity index (χ4n) is 5.10. The average molecular weight is 673 g/mol. The van der Waals surface area contributed by atoms with Crippen LogP contribution in [0.1, 0.15) is 57.8 Å². The predicted octanol–water partition coefficient (Wildman–Crippen LogP) is 3.69. The van der Waals surface area contributed by atoms with Crippen molar-refractivity contribution in [2.75, 3.05) is 13.7 Å². The van der Waals surface area contributed by atoms with Crippen molar-refractivity contribution in [3.8, 4) is 5.75 Å². The standard InChI is InChI=1S/C35H45ClN2O9/c1-20(2)16-29-35(44)46-27(22(4)31(40)32(41)24-10-7-6-8-11-24)12-9-13-30(39)38-26(33(42)37-19-21(3)34(43)47-29)18-23-14-15-28(45-5)25(36)17-23/h6-11,13-15,17,20-22,26-27,29,31-32,40-41H,12,16,18-19H2,1-5H3,(H,37,42)(H,38,39)/b13-9+. The summed E-state index contributed by atoms with van der Waals surface area (Å²) in [6.07, 6.45) is -1.99. The number of ether oxygens (including phenoxy) is 3. The van der Waals surface area contributed by atoms with Gasteiger partial charge in [-0.25, -0.2) is 4.79 Å². The highest BCUT2D eigenvalue weighted by Gasteiger charge is 2.36. The number of halogens is 1. The lowest BCUT2D eigenvalue weighted by molar-refractivity contribution is -0.178. The van der Waals surface area contributed by atoms with Crippen LogP contribution < -0.4 is 15.4 Å². The van der Waals surface area contributed by atoms with E-state index in [4.69, 9.17) is 25.8 Å². The summed E-state index contributed by atoms with van der Waals surface area (Å²) in [5.41, 5.74) is 1.13. The Bertz CT molecular complexity index is 1400. The number of hydrogen-bond acceptors (Lipinski definition) is 9. The van der Waals surface area contributed by atoms with Gasteiger partial charge in [0.15, 0.2) is 6.10 Å². The molecule has 0 fully saturated rings. The number of amides is 2. The first kappa shape index (κ1) is 37.5. The van der Waals surface area contributed by atoms with Gasteiger partial charge in [-0.1, -0.05) is 81.8 Å². The lowest BCUT2D eigenvalue weighted by Crippen LogP contribution is -2.49. The van der Waals surface area contributed by atoms with E-state index in [-0.39, 0.29) is 31.7 Å². The first-order chi connectivity index (χ1) is 22.3. The van der Waals surface area contributed by atoms with Crippen LogP contribution in [-0.4, -0.2) is 72.0 Å². The molecule has 0 aromatic heterocycles. The molecule has 0 spiro atoms. The van der Waals surface area contributed by atoms with Gasteiger partial charge in [-0.05, 0) is 41.7 Å².